The number of carboxylic acids is 1. The van der Waals surface area contributed by atoms with Crippen molar-refractivity contribution in [3.63, 3.8) is 0 Å². The van der Waals surface area contributed by atoms with Crippen molar-refractivity contribution in [1.29, 1.82) is 0 Å². The lowest BCUT2D eigenvalue weighted by molar-refractivity contribution is -0.140. The topological polar surface area (TPSA) is 94.9 Å². The molecule has 0 saturated carbocycles. The highest BCUT2D eigenvalue weighted by Crippen LogP contribution is 2.39. The zero-order valence-electron chi connectivity index (χ0n) is 16.9. The standard InChI is InChI=1S/C24H25NO5/c1-16-11-13-18(14-12-16)22(28)20-21(17-8-4-2-5-9-17)25(24(30)23(20)29)15-7-3-6-10-19(26)27/h2,4-5,8-9,11-14,21,28H,3,6-7,10,15H2,1H3,(H,26,27)/b22-20+. The van der Waals surface area contributed by atoms with Crippen LogP contribution in [0.3, 0.4) is 0 Å². The summed E-state index contributed by atoms with van der Waals surface area (Å²) < 4.78 is 0. The van der Waals surface area contributed by atoms with Gasteiger partial charge in [0.2, 0.25) is 0 Å². The lowest BCUT2D eigenvalue weighted by Crippen LogP contribution is -2.30. The number of likely N-dealkylation sites (tertiary alicyclic amines) is 1. The highest BCUT2D eigenvalue weighted by molar-refractivity contribution is 6.46. The van der Waals surface area contributed by atoms with Crippen LogP contribution >= 0.6 is 0 Å². The second-order valence-corrected chi connectivity index (χ2v) is 7.47. The summed E-state index contributed by atoms with van der Waals surface area (Å²) in [5.74, 6) is -2.38. The van der Waals surface area contributed by atoms with E-state index in [4.69, 9.17) is 5.11 Å². The van der Waals surface area contributed by atoms with Crippen LogP contribution in [0.1, 0.15) is 48.4 Å². The zero-order chi connectivity index (χ0) is 21.7. The number of aliphatic hydroxyl groups is 1. The van der Waals surface area contributed by atoms with Crippen molar-refractivity contribution in [2.45, 2.75) is 38.6 Å². The number of rotatable bonds is 8. The first-order valence-electron chi connectivity index (χ1n) is 10.0. The summed E-state index contributed by atoms with van der Waals surface area (Å²) >= 11 is 0. The van der Waals surface area contributed by atoms with E-state index in [0.29, 0.717) is 31.4 Å². The average Bonchev–Trinajstić information content (AvgIpc) is 2.99. The molecule has 2 aromatic carbocycles. The van der Waals surface area contributed by atoms with Gasteiger partial charge in [0.05, 0.1) is 11.6 Å². The lowest BCUT2D eigenvalue weighted by atomic mass is 9.95. The van der Waals surface area contributed by atoms with Crippen LogP contribution < -0.4 is 0 Å². The first-order valence-corrected chi connectivity index (χ1v) is 10.0. The van der Waals surface area contributed by atoms with Gasteiger partial charge in [0.1, 0.15) is 5.76 Å². The number of hydrogen-bond donors (Lipinski definition) is 2. The first-order chi connectivity index (χ1) is 14.4. The quantitative estimate of drug-likeness (QED) is 0.298. The van der Waals surface area contributed by atoms with Crippen LogP contribution in [0.15, 0.2) is 60.2 Å². The van der Waals surface area contributed by atoms with Gasteiger partial charge in [0.25, 0.3) is 11.7 Å². The molecule has 1 unspecified atom stereocenters. The van der Waals surface area contributed by atoms with E-state index in [-0.39, 0.29) is 17.8 Å². The van der Waals surface area contributed by atoms with Crippen molar-refractivity contribution in [1.82, 2.24) is 4.90 Å². The highest BCUT2D eigenvalue weighted by Gasteiger charge is 2.45. The van der Waals surface area contributed by atoms with Gasteiger partial charge >= 0.3 is 5.97 Å². The summed E-state index contributed by atoms with van der Waals surface area (Å²) in [6.07, 6.45) is 1.80. The molecule has 1 fully saturated rings. The number of hydrogen-bond acceptors (Lipinski definition) is 4. The van der Waals surface area contributed by atoms with Crippen LogP contribution in [0.5, 0.6) is 0 Å². The lowest BCUT2D eigenvalue weighted by Gasteiger charge is -2.25. The Morgan fingerprint density at radius 1 is 0.933 bits per heavy atom. The molecule has 2 aromatic rings. The van der Waals surface area contributed by atoms with E-state index in [9.17, 15) is 19.5 Å². The molecule has 0 bridgehead atoms. The molecule has 0 aromatic heterocycles. The van der Waals surface area contributed by atoms with Crippen LogP contribution in [0.25, 0.3) is 5.76 Å². The third-order valence-electron chi connectivity index (χ3n) is 5.27. The van der Waals surface area contributed by atoms with Gasteiger partial charge in [-0.2, -0.15) is 0 Å². The molecule has 30 heavy (non-hydrogen) atoms. The second kappa shape index (κ2) is 9.39. The fourth-order valence-electron chi connectivity index (χ4n) is 3.69. The van der Waals surface area contributed by atoms with Gasteiger partial charge in [-0.15, -0.1) is 0 Å². The van der Waals surface area contributed by atoms with Gasteiger partial charge in [0.15, 0.2) is 0 Å². The average molecular weight is 407 g/mol. The Balaban J connectivity index is 1.94. The van der Waals surface area contributed by atoms with Crippen molar-refractivity contribution >= 4 is 23.4 Å². The van der Waals surface area contributed by atoms with Crippen molar-refractivity contribution in [2.75, 3.05) is 6.54 Å². The van der Waals surface area contributed by atoms with E-state index in [1.54, 1.807) is 12.1 Å². The molecule has 1 amide bonds. The zero-order valence-corrected chi connectivity index (χ0v) is 16.9. The molecule has 6 heteroatoms. The smallest absolute Gasteiger partial charge is 0.303 e. The van der Waals surface area contributed by atoms with Gasteiger partial charge < -0.3 is 15.1 Å². The Hall–Kier alpha value is -3.41. The predicted molar refractivity (Wildman–Crippen MR) is 113 cm³/mol. The van der Waals surface area contributed by atoms with Crippen LogP contribution in [-0.4, -0.2) is 39.3 Å². The van der Waals surface area contributed by atoms with Crippen molar-refractivity contribution < 1.29 is 24.6 Å². The molecule has 1 atom stereocenters. The number of ketones is 1. The summed E-state index contributed by atoms with van der Waals surface area (Å²) in [6.45, 7) is 2.24. The molecule has 1 aliphatic heterocycles. The fourth-order valence-corrected chi connectivity index (χ4v) is 3.69. The predicted octanol–water partition coefficient (Wildman–Crippen LogP) is 4.06. The van der Waals surface area contributed by atoms with Crippen molar-refractivity contribution in [3.05, 3.63) is 76.9 Å². The molecule has 6 nitrogen and oxygen atoms in total. The summed E-state index contributed by atoms with van der Waals surface area (Å²) in [5.41, 5.74) is 2.34. The maximum absolute atomic E-state index is 12.9. The largest absolute Gasteiger partial charge is 0.507 e. The van der Waals surface area contributed by atoms with Crippen LogP contribution in [-0.2, 0) is 14.4 Å². The van der Waals surface area contributed by atoms with Gasteiger partial charge in [-0.3, -0.25) is 14.4 Å². The molecule has 156 valence electrons. The molecule has 1 heterocycles. The summed E-state index contributed by atoms with van der Waals surface area (Å²) in [4.78, 5) is 37.8. The molecule has 1 aliphatic rings. The minimum absolute atomic E-state index is 0.0777. The Morgan fingerprint density at radius 3 is 2.23 bits per heavy atom. The minimum atomic E-state index is -0.849. The summed E-state index contributed by atoms with van der Waals surface area (Å²) in [5, 5.41) is 19.7. The minimum Gasteiger partial charge on any atom is -0.507 e. The number of amides is 1. The van der Waals surface area contributed by atoms with Crippen LogP contribution in [0.2, 0.25) is 0 Å². The number of unbranched alkanes of at least 4 members (excludes halogenated alkanes) is 2. The van der Waals surface area contributed by atoms with Crippen molar-refractivity contribution in [2.24, 2.45) is 0 Å². The van der Waals surface area contributed by atoms with E-state index in [2.05, 4.69) is 0 Å². The molecule has 3 rings (SSSR count). The van der Waals surface area contributed by atoms with Gasteiger partial charge in [-0.1, -0.05) is 66.6 Å². The van der Waals surface area contributed by atoms with Crippen LogP contribution in [0.4, 0.5) is 0 Å². The molecule has 2 N–H and O–H groups in total. The number of nitrogens with zero attached hydrogens (tertiary/aromatic N) is 1. The first kappa shape index (κ1) is 21.3. The maximum atomic E-state index is 12.9. The van der Waals surface area contributed by atoms with Gasteiger partial charge in [0, 0.05) is 18.5 Å². The molecular weight excluding hydrogens is 382 g/mol. The Bertz CT molecular complexity index is 963. The monoisotopic (exact) mass is 407 g/mol. The number of benzene rings is 2. The number of Topliss-reactive ketones (excluding diaryl/α,β-unsaturated/α-hetero) is 1. The normalized spacial score (nSPS) is 18.0. The Morgan fingerprint density at radius 2 is 1.60 bits per heavy atom. The number of aliphatic hydroxyl groups excluding tert-OH is 1. The summed E-state index contributed by atoms with van der Waals surface area (Å²) in [6, 6.07) is 15.6. The van der Waals surface area contributed by atoms with E-state index >= 15 is 0 Å². The van der Waals surface area contributed by atoms with Gasteiger partial charge in [-0.25, -0.2) is 0 Å². The van der Waals surface area contributed by atoms with E-state index in [1.807, 2.05) is 49.4 Å². The number of carbonyl (C=O) groups excluding carboxylic acids is 2. The Kier molecular flexibility index (Phi) is 6.67. The summed E-state index contributed by atoms with van der Waals surface area (Å²) in [7, 11) is 0. The Labute approximate surface area is 175 Å². The van der Waals surface area contributed by atoms with Crippen LogP contribution in [0, 0.1) is 6.92 Å². The molecule has 1 saturated heterocycles. The highest BCUT2D eigenvalue weighted by atomic mass is 16.4. The molecular formula is C24H25NO5. The van der Waals surface area contributed by atoms with E-state index in [1.165, 1.54) is 4.90 Å². The number of aryl methyl sites for hydroxylation is 1. The number of aliphatic carboxylic acids is 1. The third-order valence-corrected chi connectivity index (χ3v) is 5.27. The van der Waals surface area contributed by atoms with Gasteiger partial charge in [-0.05, 0) is 25.3 Å². The van der Waals surface area contributed by atoms with E-state index in [0.717, 1.165) is 11.1 Å². The number of carbonyl (C=O) groups is 3. The maximum Gasteiger partial charge on any atom is 0.303 e. The fraction of sp³-hybridized carbons (Fsp3) is 0.292. The SMILES string of the molecule is Cc1ccc(/C(O)=C2\C(=O)C(=O)N(CCCCCC(=O)O)C2c2ccccc2)cc1. The van der Waals surface area contributed by atoms with E-state index < -0.39 is 23.7 Å². The second-order valence-electron chi connectivity index (χ2n) is 7.47. The third kappa shape index (κ3) is 4.59. The molecule has 0 spiro atoms. The molecule has 0 aliphatic carbocycles. The number of carboxylic acid groups (broad SMARTS) is 1. The molecule has 0 radical (unpaired) electrons. The van der Waals surface area contributed by atoms with Crippen molar-refractivity contribution in [3.8, 4) is 0 Å².